The van der Waals surface area contributed by atoms with Crippen molar-refractivity contribution < 1.29 is 4.79 Å². The minimum absolute atomic E-state index is 0.232. The van der Waals surface area contributed by atoms with Gasteiger partial charge < -0.3 is 10.2 Å². The topological polar surface area (TPSA) is 75.4 Å². The molecule has 0 bridgehead atoms. The summed E-state index contributed by atoms with van der Waals surface area (Å²) in [5.41, 5.74) is 1.97. The van der Waals surface area contributed by atoms with E-state index < -0.39 is 0 Å². The first kappa shape index (κ1) is 13.2. The van der Waals surface area contributed by atoms with Crippen LogP contribution in [0.3, 0.4) is 0 Å². The van der Waals surface area contributed by atoms with Crippen LogP contribution in [0.2, 0.25) is 0 Å². The summed E-state index contributed by atoms with van der Waals surface area (Å²) in [4.78, 5) is 15.1. The van der Waals surface area contributed by atoms with Gasteiger partial charge in [0.05, 0.1) is 0 Å². The van der Waals surface area contributed by atoms with E-state index in [4.69, 9.17) is 0 Å². The monoisotopic (exact) mass is 314 g/mol. The number of hydrogen-bond acceptors (Lipinski definition) is 6. The third-order valence-corrected chi connectivity index (χ3v) is 4.59. The van der Waals surface area contributed by atoms with Gasteiger partial charge in [-0.15, -0.1) is 15.3 Å². The van der Waals surface area contributed by atoms with Gasteiger partial charge in [0.2, 0.25) is 9.97 Å². The summed E-state index contributed by atoms with van der Waals surface area (Å²) >= 11 is 1.21. The van der Waals surface area contributed by atoms with E-state index in [-0.39, 0.29) is 5.91 Å². The van der Waals surface area contributed by atoms with E-state index in [1.165, 1.54) is 40.7 Å². The number of fused-ring (bicyclic) bond motifs is 1. The second-order valence-electron chi connectivity index (χ2n) is 5.16. The number of nitrogens with one attached hydrogen (secondary N) is 1. The van der Waals surface area contributed by atoms with Crippen LogP contribution in [0.4, 0.5) is 11.4 Å². The Kier molecular flexibility index (Phi) is 3.23. The number of hydrogen-bond donors (Lipinski definition) is 1. The average Bonchev–Trinajstić information content (AvgIpc) is 3.24. The number of anilines is 2. The molecule has 3 aromatic rings. The smallest absolute Gasteiger partial charge is 0.286 e. The van der Waals surface area contributed by atoms with Crippen molar-refractivity contribution in [1.82, 2.24) is 19.8 Å². The van der Waals surface area contributed by atoms with Crippen molar-refractivity contribution in [3.05, 3.63) is 35.6 Å². The number of aromatic nitrogens is 4. The van der Waals surface area contributed by atoms with Crippen LogP contribution in [0.25, 0.3) is 4.96 Å². The molecule has 112 valence electrons. The van der Waals surface area contributed by atoms with Crippen LogP contribution in [0.1, 0.15) is 22.6 Å². The van der Waals surface area contributed by atoms with E-state index in [1.807, 2.05) is 24.3 Å². The van der Waals surface area contributed by atoms with Crippen LogP contribution < -0.4 is 10.2 Å². The van der Waals surface area contributed by atoms with E-state index in [1.54, 1.807) is 0 Å². The molecule has 0 aliphatic carbocycles. The Morgan fingerprint density at radius 3 is 2.68 bits per heavy atom. The molecule has 1 fully saturated rings. The minimum Gasteiger partial charge on any atom is -0.372 e. The normalized spacial score (nSPS) is 14.6. The summed E-state index contributed by atoms with van der Waals surface area (Å²) in [6.07, 6.45) is 3.98. The minimum atomic E-state index is -0.232. The quantitative estimate of drug-likeness (QED) is 0.800. The number of carbonyl (C=O) groups excluding carboxylic acids is 1. The molecule has 1 amide bonds. The molecule has 2 aromatic heterocycles. The van der Waals surface area contributed by atoms with E-state index in [0.29, 0.717) is 9.97 Å². The molecule has 3 heterocycles. The third kappa shape index (κ3) is 2.41. The second-order valence-corrected chi connectivity index (χ2v) is 6.12. The van der Waals surface area contributed by atoms with Gasteiger partial charge in [0.25, 0.3) is 5.91 Å². The molecule has 22 heavy (non-hydrogen) atoms. The molecule has 7 nitrogen and oxygen atoms in total. The fourth-order valence-electron chi connectivity index (χ4n) is 2.57. The number of amides is 1. The van der Waals surface area contributed by atoms with Gasteiger partial charge in [-0.2, -0.15) is 4.52 Å². The summed E-state index contributed by atoms with van der Waals surface area (Å²) in [7, 11) is 0. The van der Waals surface area contributed by atoms with Crippen LogP contribution in [0, 0.1) is 0 Å². The summed E-state index contributed by atoms with van der Waals surface area (Å²) in [6, 6.07) is 7.93. The lowest BCUT2D eigenvalue weighted by atomic mass is 10.2. The van der Waals surface area contributed by atoms with Crippen molar-refractivity contribution in [3.63, 3.8) is 0 Å². The van der Waals surface area contributed by atoms with E-state index in [0.717, 1.165) is 18.8 Å². The zero-order chi connectivity index (χ0) is 14.9. The first-order valence-corrected chi connectivity index (χ1v) is 7.94. The van der Waals surface area contributed by atoms with Gasteiger partial charge in [0.1, 0.15) is 6.33 Å². The molecule has 1 aliphatic heterocycles. The van der Waals surface area contributed by atoms with Gasteiger partial charge in [-0.05, 0) is 37.1 Å². The third-order valence-electron chi connectivity index (χ3n) is 3.68. The number of benzene rings is 1. The highest BCUT2D eigenvalue weighted by molar-refractivity contribution is 7.18. The second kappa shape index (κ2) is 5.38. The van der Waals surface area contributed by atoms with E-state index in [2.05, 4.69) is 25.5 Å². The highest BCUT2D eigenvalue weighted by Crippen LogP contribution is 2.22. The lowest BCUT2D eigenvalue weighted by Gasteiger charge is -2.17. The summed E-state index contributed by atoms with van der Waals surface area (Å²) in [5, 5.41) is 14.9. The van der Waals surface area contributed by atoms with Gasteiger partial charge in [0.15, 0.2) is 0 Å². The lowest BCUT2D eigenvalue weighted by Crippen LogP contribution is -2.17. The first-order chi connectivity index (χ1) is 10.8. The zero-order valence-corrected chi connectivity index (χ0v) is 12.6. The molecule has 0 unspecified atom stereocenters. The molecule has 0 radical (unpaired) electrons. The number of carbonyl (C=O) groups is 1. The standard InChI is InChI=1S/C14H14N6OS/c21-12(13-18-20-9-15-17-14(20)22-13)16-10-3-5-11(6-4-10)19-7-1-2-8-19/h3-6,9H,1-2,7-8H2,(H,16,21). The fraction of sp³-hybridized carbons (Fsp3) is 0.286. The van der Waals surface area contributed by atoms with Crippen molar-refractivity contribution in [1.29, 1.82) is 0 Å². The van der Waals surface area contributed by atoms with Crippen LogP contribution in [0.15, 0.2) is 30.6 Å². The molecule has 1 N–H and O–H groups in total. The Morgan fingerprint density at radius 1 is 1.18 bits per heavy atom. The molecule has 1 aromatic carbocycles. The highest BCUT2D eigenvalue weighted by Gasteiger charge is 2.15. The maximum absolute atomic E-state index is 12.2. The maximum Gasteiger partial charge on any atom is 0.286 e. The van der Waals surface area contributed by atoms with Gasteiger partial charge in [-0.3, -0.25) is 4.79 Å². The van der Waals surface area contributed by atoms with Crippen molar-refractivity contribution >= 4 is 33.6 Å². The Hall–Kier alpha value is -2.48. The highest BCUT2D eigenvalue weighted by atomic mass is 32.1. The van der Waals surface area contributed by atoms with Gasteiger partial charge in [0, 0.05) is 24.5 Å². The Balaban J connectivity index is 1.48. The molecular weight excluding hydrogens is 300 g/mol. The van der Waals surface area contributed by atoms with Crippen LogP contribution in [-0.2, 0) is 0 Å². The van der Waals surface area contributed by atoms with Crippen molar-refractivity contribution in [2.45, 2.75) is 12.8 Å². The Morgan fingerprint density at radius 2 is 1.95 bits per heavy atom. The maximum atomic E-state index is 12.2. The Bertz CT molecular complexity index is 774. The van der Waals surface area contributed by atoms with E-state index >= 15 is 0 Å². The first-order valence-electron chi connectivity index (χ1n) is 7.13. The molecule has 1 saturated heterocycles. The molecule has 8 heteroatoms. The predicted octanol–water partition coefficient (Wildman–Crippen LogP) is 2.04. The van der Waals surface area contributed by atoms with Crippen LogP contribution in [-0.4, -0.2) is 38.8 Å². The summed E-state index contributed by atoms with van der Waals surface area (Å²) < 4.78 is 1.50. The summed E-state index contributed by atoms with van der Waals surface area (Å²) in [6.45, 7) is 2.22. The fourth-order valence-corrected chi connectivity index (χ4v) is 3.28. The average molecular weight is 314 g/mol. The van der Waals surface area contributed by atoms with Gasteiger partial charge >= 0.3 is 0 Å². The van der Waals surface area contributed by atoms with E-state index in [9.17, 15) is 4.79 Å². The molecule has 4 rings (SSSR count). The SMILES string of the molecule is O=C(Nc1ccc(N2CCCC2)cc1)c1nn2cnnc2s1. The molecule has 1 aliphatic rings. The predicted molar refractivity (Wildman–Crippen MR) is 84.5 cm³/mol. The molecule has 0 saturated carbocycles. The largest absolute Gasteiger partial charge is 0.372 e. The van der Waals surface area contributed by atoms with Crippen LogP contribution >= 0.6 is 11.3 Å². The number of nitrogens with zero attached hydrogens (tertiary/aromatic N) is 5. The zero-order valence-electron chi connectivity index (χ0n) is 11.8. The lowest BCUT2D eigenvalue weighted by molar-refractivity contribution is 0.102. The van der Waals surface area contributed by atoms with Crippen LogP contribution in [0.5, 0.6) is 0 Å². The Labute approximate surface area is 130 Å². The van der Waals surface area contributed by atoms with Crippen molar-refractivity contribution in [2.75, 3.05) is 23.3 Å². The van der Waals surface area contributed by atoms with Gasteiger partial charge in [-0.1, -0.05) is 11.3 Å². The number of rotatable bonds is 3. The van der Waals surface area contributed by atoms with Crippen molar-refractivity contribution in [3.8, 4) is 0 Å². The summed E-state index contributed by atoms with van der Waals surface area (Å²) in [5.74, 6) is -0.232. The molecular formula is C14H14N6OS. The molecule has 0 atom stereocenters. The van der Waals surface area contributed by atoms with Gasteiger partial charge in [-0.25, -0.2) is 0 Å². The van der Waals surface area contributed by atoms with Crippen molar-refractivity contribution in [2.24, 2.45) is 0 Å². The molecule has 0 spiro atoms.